The Labute approximate surface area is 109 Å². The normalized spacial score (nSPS) is 20.0. The van der Waals surface area contributed by atoms with Crippen LogP contribution in [0.1, 0.15) is 39.5 Å². The van der Waals surface area contributed by atoms with Crippen LogP contribution in [0.15, 0.2) is 0 Å². The molecule has 1 rings (SSSR count). The molecule has 1 heterocycles. The molecule has 0 saturated carbocycles. The molecule has 0 spiro atoms. The second kappa shape index (κ2) is 8.08. The van der Waals surface area contributed by atoms with Gasteiger partial charge in [-0.3, -0.25) is 9.59 Å². The third-order valence-corrected chi connectivity index (χ3v) is 3.41. The highest BCUT2D eigenvalue weighted by molar-refractivity contribution is 5.87. The molecule has 1 saturated heterocycles. The van der Waals surface area contributed by atoms with Gasteiger partial charge in [0.2, 0.25) is 11.8 Å². The van der Waals surface area contributed by atoms with Gasteiger partial charge >= 0.3 is 0 Å². The van der Waals surface area contributed by atoms with Crippen LogP contribution < -0.4 is 10.6 Å². The molecule has 1 atom stereocenters. The second-order valence-corrected chi connectivity index (χ2v) is 4.64. The number of carbonyl (C=O) groups excluding carboxylic acids is 2. The van der Waals surface area contributed by atoms with Gasteiger partial charge in [-0.05, 0) is 33.2 Å². The molecule has 5 nitrogen and oxygen atoms in total. The van der Waals surface area contributed by atoms with Crippen molar-refractivity contribution < 1.29 is 9.59 Å². The molecule has 0 aromatic heterocycles. The Balaban J connectivity index is 2.33. The first-order chi connectivity index (χ1) is 8.69. The van der Waals surface area contributed by atoms with E-state index in [1.54, 1.807) is 4.90 Å². The van der Waals surface area contributed by atoms with E-state index in [4.69, 9.17) is 0 Å². The number of amides is 2. The number of hydrogen-bond acceptors (Lipinski definition) is 3. The Morgan fingerprint density at radius 2 is 1.94 bits per heavy atom. The van der Waals surface area contributed by atoms with Gasteiger partial charge in [0.25, 0.3) is 0 Å². The lowest BCUT2D eigenvalue weighted by Gasteiger charge is -2.20. The zero-order valence-electron chi connectivity index (χ0n) is 11.5. The van der Waals surface area contributed by atoms with Crippen LogP contribution in [-0.4, -0.2) is 48.9 Å². The van der Waals surface area contributed by atoms with E-state index in [2.05, 4.69) is 10.6 Å². The van der Waals surface area contributed by atoms with Crippen LogP contribution >= 0.6 is 0 Å². The van der Waals surface area contributed by atoms with Gasteiger partial charge in [0.1, 0.15) is 0 Å². The van der Waals surface area contributed by atoms with Crippen LogP contribution in [0, 0.1) is 0 Å². The molecule has 104 valence electrons. The predicted octanol–water partition coefficient (Wildman–Crippen LogP) is 0.503. The molecular formula is C13H25N3O2. The molecule has 1 aliphatic rings. The molecule has 0 bridgehead atoms. The van der Waals surface area contributed by atoms with E-state index in [-0.39, 0.29) is 24.4 Å². The summed E-state index contributed by atoms with van der Waals surface area (Å²) in [7, 11) is 0. The van der Waals surface area contributed by atoms with Crippen molar-refractivity contribution in [2.45, 2.75) is 45.6 Å². The van der Waals surface area contributed by atoms with Crippen molar-refractivity contribution in [3.8, 4) is 0 Å². The molecule has 2 amide bonds. The summed E-state index contributed by atoms with van der Waals surface area (Å²) in [5, 5.41) is 5.96. The lowest BCUT2D eigenvalue weighted by Crippen LogP contribution is -2.47. The Morgan fingerprint density at radius 1 is 1.22 bits per heavy atom. The summed E-state index contributed by atoms with van der Waals surface area (Å²) >= 11 is 0. The maximum absolute atomic E-state index is 11.9. The standard InChI is InChI=1S/C13H25N3O2/c1-3-16(4-2)12(17)10-15-13(18)11-8-6-5-7-9-14-11/h11,14H,3-10H2,1-2H3,(H,15,18). The first-order valence-corrected chi connectivity index (χ1v) is 6.97. The summed E-state index contributed by atoms with van der Waals surface area (Å²) < 4.78 is 0. The number of carbonyl (C=O) groups is 2. The highest BCUT2D eigenvalue weighted by atomic mass is 16.2. The first-order valence-electron chi connectivity index (χ1n) is 6.97. The number of hydrogen-bond donors (Lipinski definition) is 2. The van der Waals surface area contributed by atoms with Crippen LogP contribution in [-0.2, 0) is 9.59 Å². The van der Waals surface area contributed by atoms with Gasteiger partial charge < -0.3 is 15.5 Å². The Hall–Kier alpha value is -1.10. The third kappa shape index (κ3) is 4.64. The fourth-order valence-electron chi connectivity index (χ4n) is 2.23. The zero-order chi connectivity index (χ0) is 13.4. The molecule has 0 aromatic carbocycles. The Morgan fingerprint density at radius 3 is 2.61 bits per heavy atom. The monoisotopic (exact) mass is 255 g/mol. The summed E-state index contributed by atoms with van der Waals surface area (Å²) in [6.45, 7) is 6.26. The van der Waals surface area contributed by atoms with Gasteiger partial charge in [0.15, 0.2) is 0 Å². The molecule has 2 N–H and O–H groups in total. The lowest BCUT2D eigenvalue weighted by atomic mass is 10.1. The van der Waals surface area contributed by atoms with Gasteiger partial charge in [-0.2, -0.15) is 0 Å². The molecule has 0 aromatic rings. The van der Waals surface area contributed by atoms with E-state index < -0.39 is 0 Å². The van der Waals surface area contributed by atoms with Gasteiger partial charge in [0.05, 0.1) is 12.6 Å². The summed E-state index contributed by atoms with van der Waals surface area (Å²) in [5.41, 5.74) is 0. The molecule has 18 heavy (non-hydrogen) atoms. The van der Waals surface area contributed by atoms with Crippen molar-refractivity contribution in [1.29, 1.82) is 0 Å². The van der Waals surface area contributed by atoms with Crippen molar-refractivity contribution >= 4 is 11.8 Å². The Bertz CT molecular complexity index is 269. The van der Waals surface area contributed by atoms with Crippen LogP contribution in [0.4, 0.5) is 0 Å². The minimum Gasteiger partial charge on any atom is -0.346 e. The fourth-order valence-corrected chi connectivity index (χ4v) is 2.23. The molecule has 5 heteroatoms. The summed E-state index contributed by atoms with van der Waals surface area (Å²) in [4.78, 5) is 25.4. The van der Waals surface area contributed by atoms with Crippen molar-refractivity contribution in [1.82, 2.24) is 15.5 Å². The van der Waals surface area contributed by atoms with Crippen molar-refractivity contribution in [3.63, 3.8) is 0 Å². The number of rotatable bonds is 5. The molecule has 0 radical (unpaired) electrons. The van der Waals surface area contributed by atoms with Gasteiger partial charge in [-0.15, -0.1) is 0 Å². The van der Waals surface area contributed by atoms with Gasteiger partial charge in [-0.25, -0.2) is 0 Å². The average Bonchev–Trinajstić information content (AvgIpc) is 2.66. The SMILES string of the molecule is CCN(CC)C(=O)CNC(=O)C1CCCCCN1. The molecule has 1 aliphatic heterocycles. The van der Waals surface area contributed by atoms with Crippen LogP contribution in [0.3, 0.4) is 0 Å². The number of nitrogens with zero attached hydrogens (tertiary/aromatic N) is 1. The number of likely N-dealkylation sites (N-methyl/N-ethyl adjacent to an activating group) is 1. The topological polar surface area (TPSA) is 61.4 Å². The average molecular weight is 255 g/mol. The largest absolute Gasteiger partial charge is 0.346 e. The molecule has 1 fully saturated rings. The van der Waals surface area contributed by atoms with E-state index in [1.165, 1.54) is 6.42 Å². The predicted molar refractivity (Wildman–Crippen MR) is 71.2 cm³/mol. The van der Waals surface area contributed by atoms with Gasteiger partial charge in [-0.1, -0.05) is 12.8 Å². The van der Waals surface area contributed by atoms with E-state index in [9.17, 15) is 9.59 Å². The quantitative estimate of drug-likeness (QED) is 0.752. The number of nitrogens with one attached hydrogen (secondary N) is 2. The molecule has 1 unspecified atom stereocenters. The summed E-state index contributed by atoms with van der Waals surface area (Å²) in [5.74, 6) is -0.0561. The van der Waals surface area contributed by atoms with Crippen molar-refractivity contribution in [2.24, 2.45) is 0 Å². The van der Waals surface area contributed by atoms with Gasteiger partial charge in [0, 0.05) is 13.1 Å². The minimum atomic E-state index is -0.128. The fraction of sp³-hybridized carbons (Fsp3) is 0.846. The summed E-state index contributed by atoms with van der Waals surface area (Å²) in [6, 6.07) is -0.128. The lowest BCUT2D eigenvalue weighted by molar-refractivity contribution is -0.133. The van der Waals surface area contributed by atoms with E-state index in [0.29, 0.717) is 13.1 Å². The maximum atomic E-state index is 11.9. The van der Waals surface area contributed by atoms with E-state index >= 15 is 0 Å². The van der Waals surface area contributed by atoms with Crippen LogP contribution in [0.25, 0.3) is 0 Å². The Kier molecular flexibility index (Phi) is 6.72. The minimum absolute atomic E-state index is 0.0121. The van der Waals surface area contributed by atoms with Crippen molar-refractivity contribution in [3.05, 3.63) is 0 Å². The first kappa shape index (κ1) is 15.0. The second-order valence-electron chi connectivity index (χ2n) is 4.64. The summed E-state index contributed by atoms with van der Waals surface area (Å²) in [6.07, 6.45) is 4.25. The highest BCUT2D eigenvalue weighted by Crippen LogP contribution is 2.08. The molecular weight excluding hydrogens is 230 g/mol. The third-order valence-electron chi connectivity index (χ3n) is 3.41. The van der Waals surface area contributed by atoms with E-state index in [0.717, 1.165) is 25.8 Å². The highest BCUT2D eigenvalue weighted by Gasteiger charge is 2.20. The van der Waals surface area contributed by atoms with Crippen molar-refractivity contribution in [2.75, 3.05) is 26.2 Å². The van der Waals surface area contributed by atoms with E-state index in [1.807, 2.05) is 13.8 Å². The smallest absolute Gasteiger partial charge is 0.241 e. The zero-order valence-corrected chi connectivity index (χ0v) is 11.5. The maximum Gasteiger partial charge on any atom is 0.241 e. The van der Waals surface area contributed by atoms with Crippen LogP contribution in [0.2, 0.25) is 0 Å². The van der Waals surface area contributed by atoms with Crippen LogP contribution in [0.5, 0.6) is 0 Å². The molecule has 0 aliphatic carbocycles.